The molecule has 0 radical (unpaired) electrons. The topological polar surface area (TPSA) is 83.6 Å². The van der Waals surface area contributed by atoms with Crippen LogP contribution in [0.2, 0.25) is 0 Å². The van der Waals surface area contributed by atoms with Crippen LogP contribution < -0.4 is 5.32 Å². The van der Waals surface area contributed by atoms with Gasteiger partial charge < -0.3 is 0 Å². The molecule has 0 saturated heterocycles. The van der Waals surface area contributed by atoms with Crippen molar-refractivity contribution in [3.8, 4) is 0 Å². The zero-order chi connectivity index (χ0) is 11.5. The Bertz CT molecular complexity index is 511. The number of carbonyl (C=O) groups is 1. The van der Waals surface area contributed by atoms with Crippen LogP contribution in [0.4, 0.5) is 5.95 Å². The first kappa shape index (κ1) is 11.0. The molecule has 1 amide bonds. The minimum atomic E-state index is -0.239. The van der Waals surface area contributed by atoms with Crippen LogP contribution in [-0.2, 0) is 0 Å². The summed E-state index contributed by atoms with van der Waals surface area (Å²) in [5, 5.41) is 15.5. The van der Waals surface area contributed by atoms with Gasteiger partial charge in [-0.3, -0.25) is 10.1 Å². The van der Waals surface area contributed by atoms with E-state index in [2.05, 4.69) is 48.5 Å². The first-order chi connectivity index (χ1) is 7.68. The van der Waals surface area contributed by atoms with E-state index in [0.717, 1.165) is 9.13 Å². The number of H-pyrrole nitrogens is 1. The predicted molar refractivity (Wildman–Crippen MR) is 66.0 cm³/mol. The van der Waals surface area contributed by atoms with E-state index in [1.807, 2.05) is 19.1 Å². The standard InChI is InChI=1S/C9H8IN5O/c1-5-6(3-2-4-7(5)10)8(16)11-9-12-14-15-13-9/h2-4H,1H3,(H2,11,12,13,14,15,16). The number of halogens is 1. The summed E-state index contributed by atoms with van der Waals surface area (Å²) in [4.78, 5) is 11.8. The minimum Gasteiger partial charge on any atom is -0.288 e. The summed E-state index contributed by atoms with van der Waals surface area (Å²) in [6.45, 7) is 1.90. The second kappa shape index (κ2) is 4.56. The summed E-state index contributed by atoms with van der Waals surface area (Å²) in [6, 6.07) is 5.54. The normalized spacial score (nSPS) is 10.1. The number of aromatic amines is 1. The van der Waals surface area contributed by atoms with Crippen molar-refractivity contribution in [3.05, 3.63) is 32.9 Å². The summed E-state index contributed by atoms with van der Waals surface area (Å²) in [7, 11) is 0. The summed E-state index contributed by atoms with van der Waals surface area (Å²) in [5.74, 6) is -0.0688. The van der Waals surface area contributed by atoms with Crippen molar-refractivity contribution in [2.24, 2.45) is 0 Å². The molecule has 6 nitrogen and oxygen atoms in total. The van der Waals surface area contributed by atoms with Crippen molar-refractivity contribution in [2.45, 2.75) is 6.92 Å². The molecule has 2 N–H and O–H groups in total. The second-order valence-corrected chi connectivity index (χ2v) is 4.26. The van der Waals surface area contributed by atoms with Crippen LogP contribution in [0.3, 0.4) is 0 Å². The highest BCUT2D eigenvalue weighted by Gasteiger charge is 2.12. The van der Waals surface area contributed by atoms with Gasteiger partial charge in [0, 0.05) is 9.13 Å². The van der Waals surface area contributed by atoms with Crippen LogP contribution in [0.25, 0.3) is 0 Å². The van der Waals surface area contributed by atoms with Gasteiger partial charge in [0.05, 0.1) is 0 Å². The van der Waals surface area contributed by atoms with Gasteiger partial charge in [-0.2, -0.15) is 5.21 Å². The maximum atomic E-state index is 11.8. The van der Waals surface area contributed by atoms with Gasteiger partial charge in [0.2, 0.25) is 0 Å². The Morgan fingerprint density at radius 2 is 2.31 bits per heavy atom. The lowest BCUT2D eigenvalue weighted by Crippen LogP contribution is -2.14. The molecule has 0 aliphatic carbocycles. The fourth-order valence-corrected chi connectivity index (χ4v) is 1.74. The Kier molecular flexibility index (Phi) is 3.13. The Hall–Kier alpha value is -1.51. The van der Waals surface area contributed by atoms with Crippen molar-refractivity contribution >= 4 is 34.4 Å². The number of amides is 1. The number of nitrogens with one attached hydrogen (secondary N) is 2. The van der Waals surface area contributed by atoms with Gasteiger partial charge in [-0.15, -0.1) is 5.10 Å². The molecule has 7 heteroatoms. The third-order valence-electron chi connectivity index (χ3n) is 2.08. The molecular weight excluding hydrogens is 321 g/mol. The monoisotopic (exact) mass is 329 g/mol. The molecule has 16 heavy (non-hydrogen) atoms. The van der Waals surface area contributed by atoms with Crippen molar-refractivity contribution in [2.75, 3.05) is 5.32 Å². The third kappa shape index (κ3) is 2.18. The van der Waals surface area contributed by atoms with E-state index >= 15 is 0 Å². The molecule has 0 fully saturated rings. The molecule has 0 spiro atoms. The fourth-order valence-electron chi connectivity index (χ4n) is 1.24. The molecule has 2 aromatic rings. The number of aromatic nitrogens is 4. The van der Waals surface area contributed by atoms with Crippen LogP contribution in [0.15, 0.2) is 18.2 Å². The Morgan fingerprint density at radius 1 is 1.50 bits per heavy atom. The number of nitrogens with zero attached hydrogens (tertiary/aromatic N) is 3. The summed E-state index contributed by atoms with van der Waals surface area (Å²) < 4.78 is 1.04. The van der Waals surface area contributed by atoms with E-state index in [-0.39, 0.29) is 11.9 Å². The average Bonchev–Trinajstić information content (AvgIpc) is 2.74. The van der Waals surface area contributed by atoms with Crippen LogP contribution in [-0.4, -0.2) is 26.5 Å². The number of tetrazole rings is 1. The van der Waals surface area contributed by atoms with Crippen LogP contribution in [0, 0.1) is 10.5 Å². The lowest BCUT2D eigenvalue weighted by Gasteiger charge is -2.05. The van der Waals surface area contributed by atoms with Crippen LogP contribution >= 0.6 is 22.6 Å². The van der Waals surface area contributed by atoms with Crippen molar-refractivity contribution in [3.63, 3.8) is 0 Å². The quantitative estimate of drug-likeness (QED) is 0.815. The molecule has 0 saturated carbocycles. The van der Waals surface area contributed by atoms with Crippen molar-refractivity contribution < 1.29 is 4.79 Å². The molecule has 1 aromatic heterocycles. The molecule has 0 atom stereocenters. The number of anilines is 1. The molecule has 82 valence electrons. The van der Waals surface area contributed by atoms with Gasteiger partial charge in [-0.05, 0) is 52.4 Å². The predicted octanol–water partition coefficient (Wildman–Crippen LogP) is 1.37. The summed E-state index contributed by atoms with van der Waals surface area (Å²) >= 11 is 2.18. The Morgan fingerprint density at radius 3 is 3.00 bits per heavy atom. The second-order valence-electron chi connectivity index (χ2n) is 3.10. The maximum Gasteiger partial charge on any atom is 0.270 e. The first-order valence-corrected chi connectivity index (χ1v) is 5.56. The highest BCUT2D eigenvalue weighted by Crippen LogP contribution is 2.16. The average molecular weight is 329 g/mol. The zero-order valence-electron chi connectivity index (χ0n) is 8.36. The SMILES string of the molecule is Cc1c(I)cccc1C(=O)Nc1nn[nH]n1. The lowest BCUT2D eigenvalue weighted by molar-refractivity contribution is 0.102. The number of rotatable bonds is 2. The van der Waals surface area contributed by atoms with E-state index in [1.165, 1.54) is 0 Å². The van der Waals surface area contributed by atoms with Gasteiger partial charge >= 0.3 is 0 Å². The maximum absolute atomic E-state index is 11.8. The number of hydrogen-bond donors (Lipinski definition) is 2. The van der Waals surface area contributed by atoms with E-state index < -0.39 is 0 Å². The molecule has 1 aromatic carbocycles. The zero-order valence-corrected chi connectivity index (χ0v) is 10.5. The highest BCUT2D eigenvalue weighted by atomic mass is 127. The van der Waals surface area contributed by atoms with Gasteiger partial charge in [0.25, 0.3) is 11.9 Å². The molecule has 0 unspecified atom stereocenters. The Balaban J connectivity index is 2.24. The molecule has 0 aliphatic rings. The third-order valence-corrected chi connectivity index (χ3v) is 3.25. The van der Waals surface area contributed by atoms with Gasteiger partial charge in [-0.25, -0.2) is 0 Å². The van der Waals surface area contributed by atoms with E-state index in [4.69, 9.17) is 0 Å². The molecule has 1 heterocycles. The lowest BCUT2D eigenvalue weighted by atomic mass is 10.1. The fraction of sp³-hybridized carbons (Fsp3) is 0.111. The highest BCUT2D eigenvalue weighted by molar-refractivity contribution is 14.1. The molecular formula is C9H8IN5O. The number of benzene rings is 1. The summed E-state index contributed by atoms with van der Waals surface area (Å²) in [6.07, 6.45) is 0. The van der Waals surface area contributed by atoms with Gasteiger partial charge in [0.15, 0.2) is 0 Å². The first-order valence-electron chi connectivity index (χ1n) is 4.48. The van der Waals surface area contributed by atoms with E-state index in [0.29, 0.717) is 5.56 Å². The smallest absolute Gasteiger partial charge is 0.270 e. The van der Waals surface area contributed by atoms with Crippen LogP contribution in [0.1, 0.15) is 15.9 Å². The van der Waals surface area contributed by atoms with Crippen molar-refractivity contribution in [1.29, 1.82) is 0 Å². The minimum absolute atomic E-state index is 0.170. The molecule has 0 bridgehead atoms. The molecule has 2 rings (SSSR count). The Labute approximate surface area is 105 Å². The van der Waals surface area contributed by atoms with Gasteiger partial charge in [0.1, 0.15) is 0 Å². The number of hydrogen-bond acceptors (Lipinski definition) is 4. The van der Waals surface area contributed by atoms with E-state index in [9.17, 15) is 4.79 Å². The molecule has 0 aliphatic heterocycles. The number of carbonyl (C=O) groups excluding carboxylic acids is 1. The van der Waals surface area contributed by atoms with Crippen LogP contribution in [0.5, 0.6) is 0 Å². The van der Waals surface area contributed by atoms with Crippen molar-refractivity contribution in [1.82, 2.24) is 20.6 Å². The van der Waals surface area contributed by atoms with Gasteiger partial charge in [-0.1, -0.05) is 11.2 Å². The van der Waals surface area contributed by atoms with E-state index in [1.54, 1.807) is 6.07 Å². The summed E-state index contributed by atoms with van der Waals surface area (Å²) in [5.41, 5.74) is 1.54. The largest absolute Gasteiger partial charge is 0.288 e.